The summed E-state index contributed by atoms with van der Waals surface area (Å²) in [5.41, 5.74) is 0.209. The summed E-state index contributed by atoms with van der Waals surface area (Å²) in [6.07, 6.45) is -1.33. The van der Waals surface area contributed by atoms with Gasteiger partial charge >= 0.3 is 6.18 Å². The molecule has 0 aromatic heterocycles. The molecule has 1 aliphatic rings. The van der Waals surface area contributed by atoms with Crippen molar-refractivity contribution in [2.45, 2.75) is 31.5 Å². The minimum atomic E-state index is -4.29. The Hall–Kier alpha value is -1.34. The minimum Gasteiger partial charge on any atom is -0.376 e. The molecule has 1 fully saturated rings. The molecule has 2 N–H and O–H groups in total. The molecule has 7 heteroatoms. The van der Waals surface area contributed by atoms with Gasteiger partial charge in [-0.1, -0.05) is 12.1 Å². The molecular formula is C15H19F3N2OS. The van der Waals surface area contributed by atoms with E-state index >= 15 is 0 Å². The maximum absolute atomic E-state index is 12.4. The fraction of sp³-hybridized carbons (Fsp3) is 0.533. The Kier molecular flexibility index (Phi) is 6.02. The molecule has 0 amide bonds. The molecule has 0 aliphatic carbocycles. The lowest BCUT2D eigenvalue weighted by atomic mass is 10.1. The smallest absolute Gasteiger partial charge is 0.376 e. The lowest BCUT2D eigenvalue weighted by Crippen LogP contribution is -2.40. The molecule has 1 saturated heterocycles. The van der Waals surface area contributed by atoms with Crippen LogP contribution in [0.3, 0.4) is 0 Å². The van der Waals surface area contributed by atoms with Crippen LogP contribution < -0.4 is 10.6 Å². The van der Waals surface area contributed by atoms with E-state index in [1.165, 1.54) is 12.1 Å². The van der Waals surface area contributed by atoms with Gasteiger partial charge in [0.05, 0.1) is 11.7 Å². The standard InChI is InChI=1S/C15H19F3N2OS/c16-15(17,18)12-5-3-11(4-6-12)7-8-19-14(22)20-10-13-2-1-9-21-13/h3-6,13H,1-2,7-10H2,(H2,19,20,22)/t13-/m0/s1. The predicted octanol–water partition coefficient (Wildman–Crippen LogP) is 2.89. The Labute approximate surface area is 133 Å². The van der Waals surface area contributed by atoms with Gasteiger partial charge in [0, 0.05) is 19.7 Å². The average Bonchev–Trinajstić information content (AvgIpc) is 2.98. The van der Waals surface area contributed by atoms with Gasteiger partial charge < -0.3 is 15.4 Å². The van der Waals surface area contributed by atoms with E-state index in [1.807, 2.05) is 0 Å². The van der Waals surface area contributed by atoms with Crippen molar-refractivity contribution in [1.82, 2.24) is 10.6 Å². The molecular weight excluding hydrogens is 313 g/mol. The molecule has 0 saturated carbocycles. The lowest BCUT2D eigenvalue weighted by molar-refractivity contribution is -0.137. The van der Waals surface area contributed by atoms with Crippen molar-refractivity contribution >= 4 is 17.3 Å². The van der Waals surface area contributed by atoms with E-state index in [2.05, 4.69) is 10.6 Å². The number of thiocarbonyl (C=S) groups is 1. The van der Waals surface area contributed by atoms with Crippen LogP contribution in [0.2, 0.25) is 0 Å². The van der Waals surface area contributed by atoms with Gasteiger partial charge in [0.1, 0.15) is 0 Å². The van der Waals surface area contributed by atoms with Crippen LogP contribution in [-0.4, -0.2) is 30.9 Å². The quantitative estimate of drug-likeness (QED) is 0.813. The molecule has 1 aromatic rings. The highest BCUT2D eigenvalue weighted by atomic mass is 32.1. The van der Waals surface area contributed by atoms with Crippen molar-refractivity contribution in [2.24, 2.45) is 0 Å². The molecule has 0 bridgehead atoms. The first-order valence-corrected chi connectivity index (χ1v) is 7.65. The van der Waals surface area contributed by atoms with Crippen LogP contribution in [0.5, 0.6) is 0 Å². The van der Waals surface area contributed by atoms with Crippen molar-refractivity contribution in [3.05, 3.63) is 35.4 Å². The molecule has 1 heterocycles. The van der Waals surface area contributed by atoms with Crippen molar-refractivity contribution in [3.8, 4) is 0 Å². The summed E-state index contributed by atoms with van der Waals surface area (Å²) < 4.78 is 42.8. The van der Waals surface area contributed by atoms with E-state index in [1.54, 1.807) is 0 Å². The molecule has 122 valence electrons. The van der Waals surface area contributed by atoms with Crippen molar-refractivity contribution in [3.63, 3.8) is 0 Å². The summed E-state index contributed by atoms with van der Waals surface area (Å²) in [5, 5.41) is 6.67. The normalized spacial score (nSPS) is 18.2. The van der Waals surface area contributed by atoms with E-state index in [-0.39, 0.29) is 6.10 Å². The SMILES string of the molecule is FC(F)(F)c1ccc(CCNC(=S)NC[C@@H]2CCCO2)cc1. The first-order chi connectivity index (χ1) is 10.4. The van der Waals surface area contributed by atoms with E-state index in [0.29, 0.717) is 24.6 Å². The second-order valence-electron chi connectivity index (χ2n) is 5.22. The summed E-state index contributed by atoms with van der Waals surface area (Å²) in [5.74, 6) is 0. The number of nitrogens with one attached hydrogen (secondary N) is 2. The fourth-order valence-corrected chi connectivity index (χ4v) is 2.44. The Morgan fingerprint density at radius 2 is 1.95 bits per heavy atom. The van der Waals surface area contributed by atoms with Gasteiger partial charge in [-0.15, -0.1) is 0 Å². The van der Waals surface area contributed by atoms with E-state index < -0.39 is 11.7 Å². The highest BCUT2D eigenvalue weighted by Gasteiger charge is 2.29. The van der Waals surface area contributed by atoms with Gasteiger partial charge in [0.15, 0.2) is 5.11 Å². The van der Waals surface area contributed by atoms with Gasteiger partial charge in [0.25, 0.3) is 0 Å². The van der Waals surface area contributed by atoms with Crippen LogP contribution in [-0.2, 0) is 17.3 Å². The number of benzene rings is 1. The highest BCUT2D eigenvalue weighted by molar-refractivity contribution is 7.80. The monoisotopic (exact) mass is 332 g/mol. The Balaban J connectivity index is 1.66. The minimum absolute atomic E-state index is 0.217. The Morgan fingerprint density at radius 3 is 2.55 bits per heavy atom. The third-order valence-corrected chi connectivity index (χ3v) is 3.78. The van der Waals surface area contributed by atoms with Crippen LogP contribution in [0.4, 0.5) is 13.2 Å². The largest absolute Gasteiger partial charge is 0.416 e. The van der Waals surface area contributed by atoms with Crippen molar-refractivity contribution < 1.29 is 17.9 Å². The number of hydrogen-bond acceptors (Lipinski definition) is 2. The summed E-state index contributed by atoms with van der Waals surface area (Å²) in [7, 11) is 0. The molecule has 22 heavy (non-hydrogen) atoms. The van der Waals surface area contributed by atoms with E-state index in [0.717, 1.165) is 37.1 Å². The van der Waals surface area contributed by atoms with Crippen LogP contribution in [0, 0.1) is 0 Å². The van der Waals surface area contributed by atoms with Crippen molar-refractivity contribution in [2.75, 3.05) is 19.7 Å². The number of alkyl halides is 3. The van der Waals surface area contributed by atoms with Gasteiger partial charge in [-0.25, -0.2) is 0 Å². The van der Waals surface area contributed by atoms with Gasteiger partial charge in [-0.2, -0.15) is 13.2 Å². The van der Waals surface area contributed by atoms with Gasteiger partial charge in [-0.05, 0) is 49.2 Å². The summed E-state index contributed by atoms with van der Waals surface area (Å²) in [4.78, 5) is 0. The predicted molar refractivity (Wildman–Crippen MR) is 82.7 cm³/mol. The zero-order valence-corrected chi connectivity index (χ0v) is 12.9. The second-order valence-corrected chi connectivity index (χ2v) is 5.62. The summed E-state index contributed by atoms with van der Waals surface area (Å²) in [6, 6.07) is 5.19. The van der Waals surface area contributed by atoms with Crippen LogP contribution in [0.25, 0.3) is 0 Å². The average molecular weight is 332 g/mol. The van der Waals surface area contributed by atoms with Gasteiger partial charge in [0.2, 0.25) is 0 Å². The van der Waals surface area contributed by atoms with Crippen molar-refractivity contribution in [1.29, 1.82) is 0 Å². The molecule has 1 aliphatic heterocycles. The van der Waals surface area contributed by atoms with Crippen LogP contribution >= 0.6 is 12.2 Å². The molecule has 2 rings (SSSR count). The third kappa shape index (κ3) is 5.46. The molecule has 0 spiro atoms. The summed E-state index contributed by atoms with van der Waals surface area (Å²) in [6.45, 7) is 2.06. The van der Waals surface area contributed by atoms with Gasteiger partial charge in [-0.3, -0.25) is 0 Å². The molecule has 3 nitrogen and oxygen atoms in total. The zero-order chi connectivity index (χ0) is 16.0. The van der Waals surface area contributed by atoms with E-state index in [9.17, 15) is 13.2 Å². The second kappa shape index (κ2) is 7.78. The zero-order valence-electron chi connectivity index (χ0n) is 12.1. The highest BCUT2D eigenvalue weighted by Crippen LogP contribution is 2.29. The third-order valence-electron chi connectivity index (χ3n) is 3.49. The topological polar surface area (TPSA) is 33.3 Å². The van der Waals surface area contributed by atoms with E-state index in [4.69, 9.17) is 17.0 Å². The Morgan fingerprint density at radius 1 is 1.23 bits per heavy atom. The number of rotatable bonds is 5. The number of ether oxygens (including phenoxy) is 1. The fourth-order valence-electron chi connectivity index (χ4n) is 2.26. The first kappa shape index (κ1) is 17.0. The maximum atomic E-state index is 12.4. The Bertz CT molecular complexity index is 485. The lowest BCUT2D eigenvalue weighted by Gasteiger charge is -2.14. The first-order valence-electron chi connectivity index (χ1n) is 7.24. The molecule has 1 aromatic carbocycles. The molecule has 0 unspecified atom stereocenters. The maximum Gasteiger partial charge on any atom is 0.416 e. The summed E-state index contributed by atoms with van der Waals surface area (Å²) >= 11 is 5.15. The molecule has 1 atom stereocenters. The number of hydrogen-bond donors (Lipinski definition) is 2. The number of halogens is 3. The van der Waals surface area contributed by atoms with Crippen LogP contribution in [0.1, 0.15) is 24.0 Å². The van der Waals surface area contributed by atoms with Crippen LogP contribution in [0.15, 0.2) is 24.3 Å². The molecule has 0 radical (unpaired) electrons.